The summed E-state index contributed by atoms with van der Waals surface area (Å²) >= 11 is 1.35. The molecular weight excluding hydrogens is 288 g/mol. The molecule has 3 aromatic rings. The predicted molar refractivity (Wildman–Crippen MR) is 81.4 cm³/mol. The number of benzene rings is 1. The van der Waals surface area contributed by atoms with E-state index in [0.29, 0.717) is 21.6 Å². The van der Waals surface area contributed by atoms with Crippen LogP contribution in [0.25, 0.3) is 10.8 Å². The summed E-state index contributed by atoms with van der Waals surface area (Å²) in [6.07, 6.45) is 1.72. The second-order valence-corrected chi connectivity index (χ2v) is 5.38. The van der Waals surface area contributed by atoms with Crippen molar-refractivity contribution in [2.75, 3.05) is 5.32 Å². The number of anilines is 1. The van der Waals surface area contributed by atoms with Crippen LogP contribution in [0.2, 0.25) is 0 Å². The molecule has 2 heterocycles. The van der Waals surface area contributed by atoms with Gasteiger partial charge in [-0.25, -0.2) is 9.67 Å². The summed E-state index contributed by atoms with van der Waals surface area (Å²) < 4.78 is 1.26. The lowest BCUT2D eigenvalue weighted by Crippen LogP contribution is -2.24. The van der Waals surface area contributed by atoms with Gasteiger partial charge in [0.2, 0.25) is 5.91 Å². The molecule has 21 heavy (non-hydrogen) atoms. The summed E-state index contributed by atoms with van der Waals surface area (Å²) in [6.45, 7) is 0. The summed E-state index contributed by atoms with van der Waals surface area (Å²) in [5.74, 6) is -0.207. The van der Waals surface area contributed by atoms with Crippen molar-refractivity contribution in [1.82, 2.24) is 14.8 Å². The Labute approximate surface area is 124 Å². The number of fused-ring (bicyclic) bond motifs is 1. The van der Waals surface area contributed by atoms with Gasteiger partial charge in [0.1, 0.15) is 0 Å². The third-order valence-electron chi connectivity index (χ3n) is 3.04. The lowest BCUT2D eigenvalue weighted by atomic mass is 10.1. The standard InChI is InChI=1S/C14H12N4O2S/c1-18-13(20)10-5-3-2-4-9(10)11(17-18)8-12(19)16-14-15-6-7-21-14/h2-7H,8H2,1H3,(H,15,16,19). The highest BCUT2D eigenvalue weighted by atomic mass is 32.1. The van der Waals surface area contributed by atoms with Crippen LogP contribution in [-0.2, 0) is 18.3 Å². The molecule has 0 bridgehead atoms. The Balaban J connectivity index is 1.95. The Morgan fingerprint density at radius 3 is 2.81 bits per heavy atom. The highest BCUT2D eigenvalue weighted by molar-refractivity contribution is 7.13. The number of carbonyl (C=O) groups is 1. The molecular formula is C14H12N4O2S. The predicted octanol–water partition coefficient (Wildman–Crippen LogP) is 1.57. The highest BCUT2D eigenvalue weighted by Gasteiger charge is 2.12. The molecule has 106 valence electrons. The van der Waals surface area contributed by atoms with E-state index in [0.717, 1.165) is 0 Å². The van der Waals surface area contributed by atoms with Crippen LogP contribution in [0, 0.1) is 0 Å². The second kappa shape index (κ2) is 5.45. The van der Waals surface area contributed by atoms with Crippen LogP contribution in [0.4, 0.5) is 5.13 Å². The quantitative estimate of drug-likeness (QED) is 0.796. The van der Waals surface area contributed by atoms with Crippen LogP contribution >= 0.6 is 11.3 Å². The minimum atomic E-state index is -0.207. The van der Waals surface area contributed by atoms with Gasteiger partial charge in [-0.2, -0.15) is 5.10 Å². The minimum absolute atomic E-state index is 0.0915. The van der Waals surface area contributed by atoms with Crippen molar-refractivity contribution >= 4 is 33.1 Å². The van der Waals surface area contributed by atoms with Crippen LogP contribution in [0.3, 0.4) is 0 Å². The summed E-state index contributed by atoms with van der Waals surface area (Å²) in [4.78, 5) is 28.1. The first-order chi connectivity index (χ1) is 10.1. The van der Waals surface area contributed by atoms with E-state index >= 15 is 0 Å². The zero-order chi connectivity index (χ0) is 14.8. The summed E-state index contributed by atoms with van der Waals surface area (Å²) in [5, 5.41) is 10.5. The van der Waals surface area contributed by atoms with Crippen LogP contribution in [0.15, 0.2) is 40.6 Å². The SMILES string of the molecule is Cn1nc(CC(=O)Nc2nccs2)c2ccccc2c1=O. The topological polar surface area (TPSA) is 76.9 Å². The molecule has 3 rings (SSSR count). The van der Waals surface area contributed by atoms with Gasteiger partial charge in [0.05, 0.1) is 17.5 Å². The third kappa shape index (κ3) is 2.68. The Hall–Kier alpha value is -2.54. The van der Waals surface area contributed by atoms with E-state index in [9.17, 15) is 9.59 Å². The van der Waals surface area contributed by atoms with E-state index in [1.165, 1.54) is 16.0 Å². The van der Waals surface area contributed by atoms with Crippen molar-refractivity contribution < 1.29 is 4.79 Å². The van der Waals surface area contributed by atoms with Gasteiger partial charge in [-0.1, -0.05) is 18.2 Å². The number of thiazole rings is 1. The Bertz CT molecular complexity index is 855. The maximum Gasteiger partial charge on any atom is 0.274 e. The summed E-state index contributed by atoms with van der Waals surface area (Å²) in [7, 11) is 1.58. The number of rotatable bonds is 3. The molecule has 1 aromatic carbocycles. The molecule has 0 saturated heterocycles. The van der Waals surface area contributed by atoms with E-state index in [2.05, 4.69) is 15.4 Å². The fourth-order valence-corrected chi connectivity index (χ4v) is 2.65. The van der Waals surface area contributed by atoms with Gasteiger partial charge in [0.25, 0.3) is 5.56 Å². The monoisotopic (exact) mass is 300 g/mol. The largest absolute Gasteiger partial charge is 0.302 e. The molecule has 0 saturated carbocycles. The van der Waals surface area contributed by atoms with Gasteiger partial charge in [0.15, 0.2) is 5.13 Å². The normalized spacial score (nSPS) is 10.7. The maximum atomic E-state index is 12.0. The molecule has 0 unspecified atom stereocenters. The smallest absolute Gasteiger partial charge is 0.274 e. The minimum Gasteiger partial charge on any atom is -0.302 e. The molecule has 6 nitrogen and oxygen atoms in total. The lowest BCUT2D eigenvalue weighted by Gasteiger charge is -2.07. The van der Waals surface area contributed by atoms with Gasteiger partial charge in [-0.3, -0.25) is 9.59 Å². The molecule has 0 aliphatic rings. The molecule has 0 radical (unpaired) electrons. The number of nitrogens with one attached hydrogen (secondary N) is 1. The zero-order valence-electron chi connectivity index (χ0n) is 11.2. The van der Waals surface area contributed by atoms with Gasteiger partial charge in [0, 0.05) is 24.0 Å². The molecule has 1 amide bonds. The van der Waals surface area contributed by atoms with Crippen molar-refractivity contribution in [3.63, 3.8) is 0 Å². The number of aryl methyl sites for hydroxylation is 1. The van der Waals surface area contributed by atoms with Crippen LogP contribution in [-0.4, -0.2) is 20.7 Å². The fraction of sp³-hybridized carbons (Fsp3) is 0.143. The second-order valence-electron chi connectivity index (χ2n) is 4.48. The summed E-state index contributed by atoms with van der Waals surface area (Å²) in [6, 6.07) is 7.16. The number of nitrogens with zero attached hydrogens (tertiary/aromatic N) is 3. The first-order valence-corrected chi connectivity index (χ1v) is 7.17. The van der Waals surface area contributed by atoms with E-state index in [-0.39, 0.29) is 17.9 Å². The van der Waals surface area contributed by atoms with E-state index in [1.807, 2.05) is 6.07 Å². The number of hydrogen-bond donors (Lipinski definition) is 1. The fourth-order valence-electron chi connectivity index (χ4n) is 2.11. The van der Waals surface area contributed by atoms with Crippen molar-refractivity contribution in [2.45, 2.75) is 6.42 Å². The van der Waals surface area contributed by atoms with Gasteiger partial charge in [-0.05, 0) is 6.07 Å². The van der Waals surface area contributed by atoms with E-state index in [4.69, 9.17) is 0 Å². The van der Waals surface area contributed by atoms with Gasteiger partial charge >= 0.3 is 0 Å². The van der Waals surface area contributed by atoms with Crippen molar-refractivity contribution in [3.05, 3.63) is 51.9 Å². The van der Waals surface area contributed by atoms with Crippen LogP contribution in [0.1, 0.15) is 5.69 Å². The number of hydrogen-bond acceptors (Lipinski definition) is 5. The molecule has 0 atom stereocenters. The van der Waals surface area contributed by atoms with Crippen molar-refractivity contribution in [1.29, 1.82) is 0 Å². The molecule has 0 spiro atoms. The molecule has 0 aliphatic heterocycles. The average molecular weight is 300 g/mol. The number of aromatic nitrogens is 3. The van der Waals surface area contributed by atoms with Crippen LogP contribution in [0.5, 0.6) is 0 Å². The van der Waals surface area contributed by atoms with Crippen LogP contribution < -0.4 is 10.9 Å². The molecule has 0 fully saturated rings. The number of amides is 1. The lowest BCUT2D eigenvalue weighted by molar-refractivity contribution is -0.115. The van der Waals surface area contributed by atoms with E-state index in [1.54, 1.807) is 36.8 Å². The Kier molecular flexibility index (Phi) is 3.49. The highest BCUT2D eigenvalue weighted by Crippen LogP contribution is 2.15. The number of carbonyl (C=O) groups excluding carboxylic acids is 1. The average Bonchev–Trinajstić information content (AvgIpc) is 2.97. The maximum absolute atomic E-state index is 12.0. The summed E-state index contributed by atoms with van der Waals surface area (Å²) in [5.41, 5.74) is 0.399. The van der Waals surface area contributed by atoms with Crippen molar-refractivity contribution in [2.24, 2.45) is 7.05 Å². The first kappa shape index (κ1) is 13.4. The molecule has 7 heteroatoms. The molecule has 2 aromatic heterocycles. The van der Waals surface area contributed by atoms with Crippen molar-refractivity contribution in [3.8, 4) is 0 Å². The molecule has 0 aliphatic carbocycles. The van der Waals surface area contributed by atoms with E-state index < -0.39 is 0 Å². The third-order valence-corrected chi connectivity index (χ3v) is 3.73. The molecule has 1 N–H and O–H groups in total. The van der Waals surface area contributed by atoms with Gasteiger partial charge in [-0.15, -0.1) is 11.3 Å². The Morgan fingerprint density at radius 1 is 1.33 bits per heavy atom. The van der Waals surface area contributed by atoms with Gasteiger partial charge < -0.3 is 5.32 Å². The zero-order valence-corrected chi connectivity index (χ0v) is 12.1. The Morgan fingerprint density at radius 2 is 2.10 bits per heavy atom. The first-order valence-electron chi connectivity index (χ1n) is 6.29.